The fourth-order valence-electron chi connectivity index (χ4n) is 3.52. The highest BCUT2D eigenvalue weighted by atomic mass is 16.2. The summed E-state index contributed by atoms with van der Waals surface area (Å²) in [5.41, 5.74) is 1.54. The molecule has 1 aromatic heterocycles. The Morgan fingerprint density at radius 1 is 1.04 bits per heavy atom. The molecule has 1 atom stereocenters. The van der Waals surface area contributed by atoms with Crippen molar-refractivity contribution in [3.63, 3.8) is 0 Å². The molecule has 2 heterocycles. The zero-order valence-electron chi connectivity index (χ0n) is 14.8. The maximum Gasteiger partial charge on any atom is 0.274 e. The monoisotopic (exact) mass is 342 g/mol. The van der Waals surface area contributed by atoms with Crippen LogP contribution in [-0.2, 0) is 0 Å². The van der Waals surface area contributed by atoms with Crippen molar-refractivity contribution in [1.29, 1.82) is 0 Å². The third-order valence-electron chi connectivity index (χ3n) is 4.99. The van der Waals surface area contributed by atoms with Crippen molar-refractivity contribution >= 4 is 11.8 Å². The van der Waals surface area contributed by atoms with Crippen LogP contribution < -0.4 is 5.32 Å². The largest absolute Gasteiger partial charge is 0.344 e. The van der Waals surface area contributed by atoms with Crippen LogP contribution in [0.3, 0.4) is 0 Å². The Labute approximate surface area is 148 Å². The molecule has 6 nitrogen and oxygen atoms in total. The van der Waals surface area contributed by atoms with Gasteiger partial charge in [0.05, 0.1) is 0 Å². The van der Waals surface area contributed by atoms with Crippen molar-refractivity contribution in [2.24, 2.45) is 0 Å². The lowest BCUT2D eigenvalue weighted by Crippen LogP contribution is -2.39. The third-order valence-corrected chi connectivity index (χ3v) is 4.99. The average molecular weight is 342 g/mol. The van der Waals surface area contributed by atoms with E-state index in [9.17, 15) is 9.59 Å². The second-order valence-electron chi connectivity index (χ2n) is 6.83. The van der Waals surface area contributed by atoms with Gasteiger partial charge in [0.2, 0.25) is 0 Å². The van der Waals surface area contributed by atoms with Gasteiger partial charge in [0.25, 0.3) is 11.8 Å². The van der Waals surface area contributed by atoms with E-state index in [1.165, 1.54) is 24.4 Å². The van der Waals surface area contributed by atoms with E-state index in [0.29, 0.717) is 0 Å². The van der Waals surface area contributed by atoms with Crippen molar-refractivity contribution in [1.82, 2.24) is 20.2 Å². The Bertz CT molecular complexity index is 665. The summed E-state index contributed by atoms with van der Waals surface area (Å²) in [6.45, 7) is 3.43. The van der Waals surface area contributed by atoms with Crippen molar-refractivity contribution in [2.45, 2.75) is 57.9 Å². The zero-order valence-corrected chi connectivity index (χ0v) is 14.8. The molecule has 2 amide bonds. The molecule has 3 rings (SSSR count). The molecule has 25 heavy (non-hydrogen) atoms. The number of aromatic nitrogens is 2. The first kappa shape index (κ1) is 17.6. The van der Waals surface area contributed by atoms with E-state index in [0.717, 1.165) is 51.6 Å². The van der Waals surface area contributed by atoms with Crippen LogP contribution >= 0.6 is 0 Å². The van der Waals surface area contributed by atoms with Crippen LogP contribution in [0, 0.1) is 0 Å². The van der Waals surface area contributed by atoms with Gasteiger partial charge in [-0.25, -0.2) is 9.97 Å². The van der Waals surface area contributed by atoms with Crippen molar-refractivity contribution in [3.05, 3.63) is 35.4 Å². The maximum atomic E-state index is 12.7. The van der Waals surface area contributed by atoms with E-state index in [-0.39, 0.29) is 29.2 Å². The Kier molecular flexibility index (Phi) is 5.79. The van der Waals surface area contributed by atoms with E-state index in [4.69, 9.17) is 0 Å². The summed E-state index contributed by atoms with van der Waals surface area (Å²) < 4.78 is 0. The Hall–Kier alpha value is -2.24. The predicted octanol–water partition coefficient (Wildman–Crippen LogP) is 2.72. The molecule has 0 spiro atoms. The summed E-state index contributed by atoms with van der Waals surface area (Å²) in [4.78, 5) is 35.5. The highest BCUT2D eigenvalue weighted by Gasteiger charge is 2.26. The lowest BCUT2D eigenvalue weighted by molar-refractivity contribution is 0.0711. The summed E-state index contributed by atoms with van der Waals surface area (Å²) in [7, 11) is 0. The number of hydrogen-bond donors (Lipinski definition) is 1. The van der Waals surface area contributed by atoms with Crippen LogP contribution in [0.15, 0.2) is 24.0 Å². The summed E-state index contributed by atoms with van der Waals surface area (Å²) in [6, 6.07) is -0.0484. The topological polar surface area (TPSA) is 75.2 Å². The molecule has 1 aromatic rings. The van der Waals surface area contributed by atoms with E-state index in [1.54, 1.807) is 4.90 Å². The van der Waals surface area contributed by atoms with Gasteiger partial charge in [-0.2, -0.15) is 0 Å². The number of hydrogen-bond acceptors (Lipinski definition) is 4. The minimum absolute atomic E-state index is 0.0484. The van der Waals surface area contributed by atoms with E-state index in [2.05, 4.69) is 21.4 Å². The Morgan fingerprint density at radius 2 is 1.76 bits per heavy atom. The lowest BCUT2D eigenvalue weighted by atomic mass is 9.94. The number of likely N-dealkylation sites (tertiary alicyclic amines) is 1. The molecule has 1 N–H and O–H groups in total. The van der Waals surface area contributed by atoms with E-state index in [1.807, 2.05) is 6.92 Å². The molecule has 134 valence electrons. The van der Waals surface area contributed by atoms with Gasteiger partial charge in [0.1, 0.15) is 0 Å². The second-order valence-corrected chi connectivity index (χ2v) is 6.83. The van der Waals surface area contributed by atoms with Crippen LogP contribution in [0.25, 0.3) is 0 Å². The highest BCUT2D eigenvalue weighted by Crippen LogP contribution is 2.20. The van der Waals surface area contributed by atoms with Crippen LogP contribution in [0.1, 0.15) is 72.8 Å². The van der Waals surface area contributed by atoms with Gasteiger partial charge in [-0.1, -0.05) is 11.6 Å². The van der Waals surface area contributed by atoms with Gasteiger partial charge < -0.3 is 10.2 Å². The molecule has 0 aromatic carbocycles. The van der Waals surface area contributed by atoms with Crippen LogP contribution in [-0.4, -0.2) is 45.8 Å². The van der Waals surface area contributed by atoms with Crippen molar-refractivity contribution in [3.8, 4) is 0 Å². The minimum atomic E-state index is -0.326. The van der Waals surface area contributed by atoms with Gasteiger partial charge in [0.15, 0.2) is 11.4 Å². The standard InChI is InChI=1S/C19H26N4O2/c1-14(15-8-4-2-5-9-15)22-18(24)16-17(21-11-10-20-16)19(25)23-12-6-3-7-13-23/h8,10-11,14H,2-7,9,12-13H2,1H3,(H,22,24)/t14-/m0/s1. The van der Waals surface area contributed by atoms with Gasteiger partial charge in [-0.3, -0.25) is 9.59 Å². The number of carbonyl (C=O) groups is 2. The first-order valence-electron chi connectivity index (χ1n) is 9.27. The number of nitrogens with one attached hydrogen (secondary N) is 1. The first-order chi connectivity index (χ1) is 12.2. The van der Waals surface area contributed by atoms with Crippen LogP contribution in [0.2, 0.25) is 0 Å². The number of nitrogens with zero attached hydrogens (tertiary/aromatic N) is 3. The molecular formula is C19H26N4O2. The summed E-state index contributed by atoms with van der Waals surface area (Å²) in [6.07, 6.45) is 12.7. The molecule has 0 bridgehead atoms. The molecule has 1 fully saturated rings. The SMILES string of the molecule is C[C@H](NC(=O)c1nccnc1C(=O)N1CCCCC1)C1=CCCCC1. The lowest BCUT2D eigenvalue weighted by Gasteiger charge is -2.27. The Balaban J connectivity index is 1.74. The molecule has 1 saturated heterocycles. The van der Waals surface area contributed by atoms with Gasteiger partial charge in [0, 0.05) is 31.5 Å². The number of carbonyl (C=O) groups excluding carboxylic acids is 2. The highest BCUT2D eigenvalue weighted by molar-refractivity contribution is 6.04. The molecule has 2 aliphatic rings. The summed E-state index contributed by atoms with van der Waals surface area (Å²) in [5.74, 6) is -0.519. The van der Waals surface area contributed by atoms with Crippen molar-refractivity contribution in [2.75, 3.05) is 13.1 Å². The van der Waals surface area contributed by atoms with Gasteiger partial charge in [-0.15, -0.1) is 0 Å². The quantitative estimate of drug-likeness (QED) is 0.854. The smallest absolute Gasteiger partial charge is 0.274 e. The normalized spacial score (nSPS) is 19.1. The number of amides is 2. The summed E-state index contributed by atoms with van der Waals surface area (Å²) in [5, 5.41) is 2.98. The second kappa shape index (κ2) is 8.23. The molecule has 0 unspecified atom stereocenters. The van der Waals surface area contributed by atoms with Crippen LogP contribution in [0.5, 0.6) is 0 Å². The van der Waals surface area contributed by atoms with E-state index >= 15 is 0 Å². The zero-order chi connectivity index (χ0) is 17.6. The number of allylic oxidation sites excluding steroid dienone is 1. The third kappa shape index (κ3) is 4.24. The van der Waals surface area contributed by atoms with Gasteiger partial charge >= 0.3 is 0 Å². The first-order valence-corrected chi connectivity index (χ1v) is 9.27. The molecule has 0 radical (unpaired) electrons. The fourth-order valence-corrected chi connectivity index (χ4v) is 3.52. The molecule has 0 saturated carbocycles. The van der Waals surface area contributed by atoms with Gasteiger partial charge in [-0.05, 0) is 51.9 Å². The molecule has 1 aliphatic carbocycles. The van der Waals surface area contributed by atoms with E-state index < -0.39 is 0 Å². The van der Waals surface area contributed by atoms with Crippen LogP contribution in [0.4, 0.5) is 0 Å². The molecular weight excluding hydrogens is 316 g/mol. The fraction of sp³-hybridized carbons (Fsp3) is 0.579. The number of rotatable bonds is 4. The average Bonchev–Trinajstić information content (AvgIpc) is 2.68. The maximum absolute atomic E-state index is 12.7. The predicted molar refractivity (Wildman–Crippen MR) is 95.3 cm³/mol. The van der Waals surface area contributed by atoms with Crippen molar-refractivity contribution < 1.29 is 9.59 Å². The Morgan fingerprint density at radius 3 is 2.44 bits per heavy atom. The summed E-state index contributed by atoms with van der Waals surface area (Å²) >= 11 is 0. The molecule has 1 aliphatic heterocycles. The number of piperidine rings is 1. The minimum Gasteiger partial charge on any atom is -0.344 e. The molecule has 6 heteroatoms.